The summed E-state index contributed by atoms with van der Waals surface area (Å²) in [7, 11) is 0. The summed E-state index contributed by atoms with van der Waals surface area (Å²) in [6, 6.07) is 10.4. The minimum Gasteiger partial charge on any atom is -0.507 e. The summed E-state index contributed by atoms with van der Waals surface area (Å²) < 4.78 is 0. The quantitative estimate of drug-likeness (QED) is 0.394. The molecule has 0 aromatic heterocycles. The second-order valence-corrected chi connectivity index (χ2v) is 10.7. The summed E-state index contributed by atoms with van der Waals surface area (Å²) in [5.74, 6) is 0.985. The Morgan fingerprint density at radius 1 is 0.455 bits per heavy atom. The average Bonchev–Trinajstić information content (AvgIpc) is 2.73. The number of rotatable bonds is 4. The van der Waals surface area contributed by atoms with Crippen molar-refractivity contribution >= 4 is 0 Å². The molecule has 3 N–H and O–H groups in total. The van der Waals surface area contributed by atoms with E-state index in [9.17, 15) is 15.3 Å². The van der Waals surface area contributed by atoms with Crippen LogP contribution in [0.15, 0.2) is 30.3 Å². The molecular weight excluding hydrogens is 408 g/mol. The van der Waals surface area contributed by atoms with E-state index in [2.05, 4.69) is 33.8 Å². The number of phenols is 3. The van der Waals surface area contributed by atoms with Gasteiger partial charge >= 0.3 is 0 Å². The van der Waals surface area contributed by atoms with Crippen LogP contribution in [-0.2, 0) is 10.8 Å². The Hall–Kier alpha value is -2.94. The van der Waals surface area contributed by atoms with Gasteiger partial charge < -0.3 is 15.3 Å². The summed E-state index contributed by atoms with van der Waals surface area (Å²) in [5, 5.41) is 31.8. The fourth-order valence-electron chi connectivity index (χ4n) is 5.14. The SMILES string of the molecule is Cc1cc(C(C)(C)c2cc(C(C)(C)c3cc(C)c(O)c(C)c3)c(C)c(O)c2C)cc(C)c1O. The molecule has 0 spiro atoms. The van der Waals surface area contributed by atoms with Crippen molar-refractivity contribution < 1.29 is 15.3 Å². The van der Waals surface area contributed by atoms with Crippen LogP contribution < -0.4 is 0 Å². The van der Waals surface area contributed by atoms with E-state index < -0.39 is 0 Å². The molecule has 0 aliphatic carbocycles. The first-order valence-electron chi connectivity index (χ1n) is 11.6. The van der Waals surface area contributed by atoms with Crippen molar-refractivity contribution in [3.63, 3.8) is 0 Å². The Balaban J connectivity index is 2.28. The van der Waals surface area contributed by atoms with E-state index in [0.717, 1.165) is 55.6 Å². The molecule has 0 saturated carbocycles. The molecule has 3 aromatic carbocycles. The van der Waals surface area contributed by atoms with Gasteiger partial charge in [0.25, 0.3) is 0 Å². The molecule has 0 bridgehead atoms. The zero-order valence-corrected chi connectivity index (χ0v) is 21.7. The van der Waals surface area contributed by atoms with Gasteiger partial charge in [0.2, 0.25) is 0 Å². The van der Waals surface area contributed by atoms with Gasteiger partial charge in [-0.3, -0.25) is 0 Å². The van der Waals surface area contributed by atoms with Gasteiger partial charge in [-0.05, 0) is 97.2 Å². The molecule has 3 rings (SSSR count). The molecule has 3 aromatic rings. The smallest absolute Gasteiger partial charge is 0.122 e. The van der Waals surface area contributed by atoms with Crippen molar-refractivity contribution in [2.75, 3.05) is 0 Å². The first-order valence-corrected chi connectivity index (χ1v) is 11.6. The van der Waals surface area contributed by atoms with Crippen LogP contribution in [0.1, 0.15) is 83.3 Å². The zero-order valence-electron chi connectivity index (χ0n) is 21.7. The van der Waals surface area contributed by atoms with Crippen LogP contribution in [0, 0.1) is 41.5 Å². The van der Waals surface area contributed by atoms with E-state index in [4.69, 9.17) is 0 Å². The normalized spacial score (nSPS) is 12.3. The Morgan fingerprint density at radius 2 is 0.727 bits per heavy atom. The first-order chi connectivity index (χ1) is 15.1. The summed E-state index contributed by atoms with van der Waals surface area (Å²) in [4.78, 5) is 0. The van der Waals surface area contributed by atoms with Crippen LogP contribution in [0.5, 0.6) is 17.2 Å². The van der Waals surface area contributed by atoms with Crippen LogP contribution in [0.4, 0.5) is 0 Å². The molecule has 3 heteroatoms. The molecular formula is C30H38O3. The minimum atomic E-state index is -0.385. The van der Waals surface area contributed by atoms with E-state index in [1.807, 2.05) is 65.8 Å². The van der Waals surface area contributed by atoms with Crippen molar-refractivity contribution in [1.29, 1.82) is 0 Å². The van der Waals surface area contributed by atoms with Gasteiger partial charge in [0.1, 0.15) is 17.2 Å². The predicted molar refractivity (Wildman–Crippen MR) is 137 cm³/mol. The number of benzene rings is 3. The Bertz CT molecular complexity index is 1110. The van der Waals surface area contributed by atoms with Crippen molar-refractivity contribution in [1.82, 2.24) is 0 Å². The van der Waals surface area contributed by atoms with Gasteiger partial charge in [-0.2, -0.15) is 0 Å². The minimum absolute atomic E-state index is 0.322. The van der Waals surface area contributed by atoms with E-state index in [1.165, 1.54) is 0 Å². The molecule has 0 amide bonds. The molecule has 0 aliphatic rings. The monoisotopic (exact) mass is 446 g/mol. The maximum atomic E-state index is 11.2. The maximum absolute atomic E-state index is 11.2. The highest BCUT2D eigenvalue weighted by Gasteiger charge is 2.33. The van der Waals surface area contributed by atoms with Crippen LogP contribution >= 0.6 is 0 Å². The van der Waals surface area contributed by atoms with Gasteiger partial charge in [-0.25, -0.2) is 0 Å². The number of phenolic OH excluding ortho intramolecular Hbond substituents is 3. The molecule has 0 radical (unpaired) electrons. The molecule has 0 fully saturated rings. The third kappa shape index (κ3) is 3.99. The van der Waals surface area contributed by atoms with E-state index >= 15 is 0 Å². The summed E-state index contributed by atoms with van der Waals surface area (Å²) in [6.45, 7) is 20.3. The summed E-state index contributed by atoms with van der Waals surface area (Å²) >= 11 is 0. The Kier molecular flexibility index (Phi) is 6.08. The molecule has 3 nitrogen and oxygen atoms in total. The van der Waals surface area contributed by atoms with Crippen molar-refractivity contribution in [3.8, 4) is 17.2 Å². The van der Waals surface area contributed by atoms with E-state index in [-0.39, 0.29) is 10.8 Å². The molecule has 176 valence electrons. The fraction of sp³-hybridized carbons (Fsp3) is 0.400. The first kappa shape index (κ1) is 24.7. The molecule has 0 saturated heterocycles. The van der Waals surface area contributed by atoms with E-state index in [1.54, 1.807) is 0 Å². The van der Waals surface area contributed by atoms with Gasteiger partial charge in [0.15, 0.2) is 0 Å². The summed E-state index contributed by atoms with van der Waals surface area (Å²) in [5.41, 5.74) is 8.70. The lowest BCUT2D eigenvalue weighted by Gasteiger charge is -2.35. The van der Waals surface area contributed by atoms with Crippen molar-refractivity contribution in [3.05, 3.63) is 86.0 Å². The fourth-order valence-corrected chi connectivity index (χ4v) is 5.14. The molecule has 33 heavy (non-hydrogen) atoms. The van der Waals surface area contributed by atoms with Gasteiger partial charge in [0.05, 0.1) is 0 Å². The third-order valence-electron chi connectivity index (χ3n) is 7.58. The highest BCUT2D eigenvalue weighted by molar-refractivity contribution is 5.59. The third-order valence-corrected chi connectivity index (χ3v) is 7.58. The number of aryl methyl sites for hydroxylation is 4. The highest BCUT2D eigenvalue weighted by Crippen LogP contribution is 2.45. The second kappa shape index (κ2) is 8.13. The molecule has 0 unspecified atom stereocenters. The second-order valence-electron chi connectivity index (χ2n) is 10.7. The number of hydrogen-bond acceptors (Lipinski definition) is 3. The predicted octanol–water partition coefficient (Wildman–Crippen LogP) is 7.31. The lowest BCUT2D eigenvalue weighted by atomic mass is 9.69. The van der Waals surface area contributed by atoms with Crippen LogP contribution in [0.3, 0.4) is 0 Å². The standard InChI is InChI=1S/C30H38O3/c1-16-11-22(12-17(2)26(16)31)29(7,8)24-15-25(21(6)28(33)20(24)5)30(9,10)23-13-18(3)27(32)19(4)14-23/h11-15,31-33H,1-10H3. The maximum Gasteiger partial charge on any atom is 0.122 e. The average molecular weight is 447 g/mol. The molecule has 0 atom stereocenters. The van der Waals surface area contributed by atoms with Crippen LogP contribution in [0.2, 0.25) is 0 Å². The number of aromatic hydroxyl groups is 3. The van der Waals surface area contributed by atoms with Gasteiger partial charge in [-0.15, -0.1) is 0 Å². The van der Waals surface area contributed by atoms with Crippen LogP contribution in [-0.4, -0.2) is 15.3 Å². The van der Waals surface area contributed by atoms with Crippen molar-refractivity contribution in [2.24, 2.45) is 0 Å². The Morgan fingerprint density at radius 3 is 1.00 bits per heavy atom. The zero-order chi connectivity index (χ0) is 25.0. The topological polar surface area (TPSA) is 60.7 Å². The Labute approximate surface area is 198 Å². The lowest BCUT2D eigenvalue weighted by molar-refractivity contribution is 0.457. The molecule has 0 heterocycles. The summed E-state index contributed by atoms with van der Waals surface area (Å²) in [6.07, 6.45) is 0. The number of hydrogen-bond donors (Lipinski definition) is 3. The lowest BCUT2D eigenvalue weighted by Crippen LogP contribution is -2.25. The van der Waals surface area contributed by atoms with Crippen LogP contribution in [0.25, 0.3) is 0 Å². The highest BCUT2D eigenvalue weighted by atomic mass is 16.3. The van der Waals surface area contributed by atoms with Gasteiger partial charge in [-0.1, -0.05) is 58.0 Å². The van der Waals surface area contributed by atoms with Crippen molar-refractivity contribution in [2.45, 2.75) is 80.1 Å². The largest absolute Gasteiger partial charge is 0.507 e. The molecule has 0 aliphatic heterocycles. The van der Waals surface area contributed by atoms with Gasteiger partial charge in [0, 0.05) is 10.8 Å². The van der Waals surface area contributed by atoms with E-state index in [0.29, 0.717) is 17.2 Å².